The van der Waals surface area contributed by atoms with Gasteiger partial charge in [0.25, 0.3) is 0 Å². The zero-order valence-electron chi connectivity index (χ0n) is 10.7. The van der Waals surface area contributed by atoms with Gasteiger partial charge >= 0.3 is 0 Å². The summed E-state index contributed by atoms with van der Waals surface area (Å²) in [5, 5.41) is 0. The molecule has 3 aliphatic carbocycles. The van der Waals surface area contributed by atoms with Crippen molar-refractivity contribution in [2.24, 2.45) is 23.7 Å². The highest BCUT2D eigenvalue weighted by Crippen LogP contribution is 2.53. The lowest BCUT2D eigenvalue weighted by atomic mass is 9.85. The Hall–Kier alpha value is -1.45. The summed E-state index contributed by atoms with van der Waals surface area (Å²) in [5.74, 6) is 0.693. The number of allylic oxidation sites excluding steroid dienone is 2. The van der Waals surface area contributed by atoms with E-state index in [1.165, 1.54) is 4.90 Å². The first-order valence-corrected chi connectivity index (χ1v) is 7.24. The van der Waals surface area contributed by atoms with Gasteiger partial charge in [0.2, 0.25) is 11.8 Å². The van der Waals surface area contributed by atoms with Crippen molar-refractivity contribution >= 4 is 17.6 Å². The van der Waals surface area contributed by atoms with Crippen LogP contribution in [-0.2, 0) is 14.4 Å². The highest BCUT2D eigenvalue weighted by atomic mass is 16.2. The van der Waals surface area contributed by atoms with Gasteiger partial charge in [0.05, 0.1) is 11.8 Å². The molecule has 2 amide bonds. The third-order valence-corrected chi connectivity index (χ3v) is 5.38. The molecule has 1 aliphatic heterocycles. The Bertz CT molecular complexity index is 470. The summed E-state index contributed by atoms with van der Waals surface area (Å²) in [5.41, 5.74) is 0. The number of rotatable bonds is 1. The molecule has 4 heteroatoms. The average molecular weight is 259 g/mol. The molecule has 2 bridgehead atoms. The van der Waals surface area contributed by atoms with Crippen LogP contribution in [0.2, 0.25) is 0 Å². The number of nitrogens with zero attached hydrogens (tertiary/aromatic N) is 1. The number of hydrogen-bond donors (Lipinski definition) is 0. The maximum Gasteiger partial charge on any atom is 0.233 e. The topological polar surface area (TPSA) is 54.5 Å². The number of Topliss-reactive ketones (excluding diaryl/α,β-unsaturated/α-hetero) is 1. The number of amides is 2. The van der Waals surface area contributed by atoms with E-state index in [1.54, 1.807) is 0 Å². The molecule has 19 heavy (non-hydrogen) atoms. The molecule has 4 aliphatic rings. The Labute approximate surface area is 111 Å². The van der Waals surface area contributed by atoms with E-state index in [-0.39, 0.29) is 47.3 Å². The highest BCUT2D eigenvalue weighted by Gasteiger charge is 2.60. The van der Waals surface area contributed by atoms with Crippen LogP contribution >= 0.6 is 0 Å². The standard InChI is InChI=1S/C15H17NO3/c17-11-5-3-10(4-6-11)16-14(18)12-8-1-2-9(7-8)13(12)15(16)19/h1-2,8-10,12-13H,3-7H2. The Morgan fingerprint density at radius 1 is 0.895 bits per heavy atom. The fraction of sp³-hybridized carbons (Fsp3) is 0.667. The first-order chi connectivity index (χ1) is 9.16. The second kappa shape index (κ2) is 3.78. The fourth-order valence-corrected chi connectivity index (χ4v) is 4.47. The Morgan fingerprint density at radius 2 is 1.42 bits per heavy atom. The average Bonchev–Trinajstić information content (AvgIpc) is 3.06. The van der Waals surface area contributed by atoms with E-state index >= 15 is 0 Å². The van der Waals surface area contributed by atoms with Crippen LogP contribution in [0.1, 0.15) is 32.1 Å². The second-order valence-electron chi connectivity index (χ2n) is 6.32. The van der Waals surface area contributed by atoms with Gasteiger partial charge in [0.1, 0.15) is 5.78 Å². The minimum atomic E-state index is -0.0971. The van der Waals surface area contributed by atoms with Crippen molar-refractivity contribution in [3.05, 3.63) is 12.2 Å². The van der Waals surface area contributed by atoms with Gasteiger partial charge in [-0.2, -0.15) is 0 Å². The molecule has 2 saturated carbocycles. The summed E-state index contributed by atoms with van der Waals surface area (Å²) in [6.07, 6.45) is 7.57. The molecule has 0 N–H and O–H groups in total. The van der Waals surface area contributed by atoms with Gasteiger partial charge in [-0.1, -0.05) is 12.2 Å². The molecule has 4 rings (SSSR count). The first-order valence-electron chi connectivity index (χ1n) is 7.24. The molecular weight excluding hydrogens is 242 g/mol. The number of imide groups is 1. The molecule has 0 spiro atoms. The van der Waals surface area contributed by atoms with Crippen LogP contribution in [0.4, 0.5) is 0 Å². The van der Waals surface area contributed by atoms with E-state index in [0.717, 1.165) is 6.42 Å². The summed E-state index contributed by atoms with van der Waals surface area (Å²) in [7, 11) is 0. The Kier molecular flexibility index (Phi) is 2.26. The maximum atomic E-state index is 12.6. The predicted octanol–water partition coefficient (Wildman–Crippen LogP) is 1.31. The molecule has 4 unspecified atom stereocenters. The van der Waals surface area contributed by atoms with E-state index in [1.807, 2.05) is 0 Å². The van der Waals surface area contributed by atoms with Gasteiger partial charge in [0.15, 0.2) is 0 Å². The van der Waals surface area contributed by atoms with Crippen LogP contribution < -0.4 is 0 Å². The zero-order chi connectivity index (χ0) is 13.1. The Morgan fingerprint density at radius 3 is 1.95 bits per heavy atom. The number of fused-ring (bicyclic) bond motifs is 5. The molecule has 1 heterocycles. The number of carbonyl (C=O) groups excluding carboxylic acids is 3. The highest BCUT2D eigenvalue weighted by molar-refractivity contribution is 6.06. The normalized spacial score (nSPS) is 41.5. The number of hydrogen-bond acceptors (Lipinski definition) is 3. The molecule has 0 radical (unpaired) electrons. The van der Waals surface area contributed by atoms with Gasteiger partial charge in [-0.15, -0.1) is 0 Å². The second-order valence-corrected chi connectivity index (χ2v) is 6.32. The van der Waals surface area contributed by atoms with E-state index in [4.69, 9.17) is 0 Å². The molecule has 3 fully saturated rings. The quantitative estimate of drug-likeness (QED) is 0.527. The molecule has 0 aromatic carbocycles. The monoisotopic (exact) mass is 259 g/mol. The van der Waals surface area contributed by atoms with E-state index in [0.29, 0.717) is 25.7 Å². The first kappa shape index (κ1) is 11.4. The molecular formula is C15H17NO3. The minimum absolute atomic E-state index is 0.0253. The van der Waals surface area contributed by atoms with Crippen molar-refractivity contribution in [3.63, 3.8) is 0 Å². The summed E-state index contributed by atoms with van der Waals surface area (Å²) in [6, 6.07) is -0.0253. The van der Waals surface area contributed by atoms with E-state index in [9.17, 15) is 14.4 Å². The van der Waals surface area contributed by atoms with Gasteiger partial charge < -0.3 is 0 Å². The van der Waals surface area contributed by atoms with Gasteiger partial charge in [-0.25, -0.2) is 0 Å². The van der Waals surface area contributed by atoms with E-state index in [2.05, 4.69) is 12.2 Å². The van der Waals surface area contributed by atoms with Gasteiger partial charge in [-0.05, 0) is 31.1 Å². The third kappa shape index (κ3) is 1.43. The van der Waals surface area contributed by atoms with Crippen LogP contribution in [0, 0.1) is 23.7 Å². The predicted molar refractivity (Wildman–Crippen MR) is 66.8 cm³/mol. The van der Waals surface area contributed by atoms with Crippen molar-refractivity contribution in [1.29, 1.82) is 0 Å². The Balaban J connectivity index is 1.60. The van der Waals surface area contributed by atoms with Crippen LogP contribution in [-0.4, -0.2) is 28.5 Å². The summed E-state index contributed by atoms with van der Waals surface area (Å²) in [4.78, 5) is 37.9. The number of ketones is 1. The van der Waals surface area contributed by atoms with Crippen LogP contribution in [0.5, 0.6) is 0 Å². The van der Waals surface area contributed by atoms with Crippen molar-refractivity contribution < 1.29 is 14.4 Å². The van der Waals surface area contributed by atoms with Crippen molar-refractivity contribution in [3.8, 4) is 0 Å². The number of likely N-dealkylation sites (tertiary alicyclic amines) is 1. The van der Waals surface area contributed by atoms with Crippen LogP contribution in [0.25, 0.3) is 0 Å². The largest absolute Gasteiger partial charge is 0.300 e. The molecule has 1 saturated heterocycles. The van der Waals surface area contributed by atoms with Gasteiger partial charge in [-0.3, -0.25) is 19.3 Å². The van der Waals surface area contributed by atoms with Gasteiger partial charge in [0, 0.05) is 18.9 Å². The SMILES string of the molecule is O=C1CCC(N2C(=O)C3C4C=CC(C4)C3C2=O)CC1. The minimum Gasteiger partial charge on any atom is -0.300 e. The lowest BCUT2D eigenvalue weighted by Gasteiger charge is -2.30. The lowest BCUT2D eigenvalue weighted by molar-refractivity contribution is -0.145. The maximum absolute atomic E-state index is 12.6. The van der Waals surface area contributed by atoms with Crippen molar-refractivity contribution in [2.75, 3.05) is 0 Å². The number of carbonyl (C=O) groups is 3. The lowest BCUT2D eigenvalue weighted by Crippen LogP contribution is -2.43. The van der Waals surface area contributed by atoms with Crippen molar-refractivity contribution in [2.45, 2.75) is 38.1 Å². The van der Waals surface area contributed by atoms with Crippen LogP contribution in [0.15, 0.2) is 12.2 Å². The molecule has 0 aromatic rings. The zero-order valence-corrected chi connectivity index (χ0v) is 10.7. The molecule has 0 aromatic heterocycles. The summed E-state index contributed by atoms with van der Waals surface area (Å²) >= 11 is 0. The summed E-state index contributed by atoms with van der Waals surface area (Å²) < 4.78 is 0. The molecule has 100 valence electrons. The van der Waals surface area contributed by atoms with E-state index < -0.39 is 0 Å². The smallest absolute Gasteiger partial charge is 0.233 e. The third-order valence-electron chi connectivity index (χ3n) is 5.38. The molecule has 4 atom stereocenters. The van der Waals surface area contributed by atoms with Crippen molar-refractivity contribution in [1.82, 2.24) is 4.90 Å². The van der Waals surface area contributed by atoms with Crippen LogP contribution in [0.3, 0.4) is 0 Å². The summed E-state index contributed by atoms with van der Waals surface area (Å²) in [6.45, 7) is 0. The molecule has 4 nitrogen and oxygen atoms in total. The fourth-order valence-electron chi connectivity index (χ4n) is 4.47.